The Morgan fingerprint density at radius 1 is 0.875 bits per heavy atom. The molecule has 0 radical (unpaired) electrons. The third kappa shape index (κ3) is 2.65. The molecule has 0 aliphatic heterocycles. The minimum Gasteiger partial charge on any atom is -0.359 e. The minimum atomic E-state index is 0.0391. The Labute approximate surface area is 141 Å². The summed E-state index contributed by atoms with van der Waals surface area (Å²) in [4.78, 5) is 7.94. The van der Waals surface area contributed by atoms with Gasteiger partial charge in [-0.15, -0.1) is 0 Å². The molecule has 0 spiro atoms. The minimum absolute atomic E-state index is 0.0391. The van der Waals surface area contributed by atoms with E-state index in [1.807, 2.05) is 30.5 Å². The highest BCUT2D eigenvalue weighted by Crippen LogP contribution is 2.34. The van der Waals surface area contributed by atoms with E-state index in [-0.39, 0.29) is 6.04 Å². The number of anilines is 1. The number of aryl methyl sites for hydroxylation is 1. The van der Waals surface area contributed by atoms with E-state index in [2.05, 4.69) is 70.7 Å². The first-order valence-corrected chi connectivity index (χ1v) is 8.12. The number of nitrogens with one attached hydrogen (secondary N) is 2. The molecule has 0 saturated carbocycles. The summed E-state index contributed by atoms with van der Waals surface area (Å²) in [5.41, 5.74) is 4.82. The molecule has 118 valence electrons. The van der Waals surface area contributed by atoms with E-state index in [0.29, 0.717) is 0 Å². The van der Waals surface area contributed by atoms with Gasteiger partial charge < -0.3 is 10.3 Å². The highest BCUT2D eigenvalue weighted by atomic mass is 15.0. The van der Waals surface area contributed by atoms with Crippen LogP contribution >= 0.6 is 0 Å². The molecule has 3 nitrogen and oxygen atoms in total. The van der Waals surface area contributed by atoms with Crippen molar-refractivity contribution >= 4 is 16.7 Å². The molecular weight excluding hydrogens is 294 g/mol. The Morgan fingerprint density at radius 3 is 2.42 bits per heavy atom. The summed E-state index contributed by atoms with van der Waals surface area (Å²) in [6.07, 6.45) is 1.81. The molecule has 2 heterocycles. The maximum Gasteiger partial charge on any atom is 0.126 e. The van der Waals surface area contributed by atoms with E-state index in [0.717, 1.165) is 11.3 Å². The van der Waals surface area contributed by atoms with Gasteiger partial charge in [-0.3, -0.25) is 0 Å². The second-order valence-corrected chi connectivity index (χ2v) is 5.91. The lowest BCUT2D eigenvalue weighted by Crippen LogP contribution is -2.14. The predicted molar refractivity (Wildman–Crippen MR) is 99.2 cm³/mol. The molecule has 0 bridgehead atoms. The van der Waals surface area contributed by atoms with Crippen molar-refractivity contribution in [3.05, 3.63) is 95.8 Å². The summed E-state index contributed by atoms with van der Waals surface area (Å²) < 4.78 is 0. The smallest absolute Gasteiger partial charge is 0.126 e. The molecule has 0 aliphatic carbocycles. The third-order valence-corrected chi connectivity index (χ3v) is 4.32. The molecule has 4 aromatic rings. The molecule has 2 aromatic heterocycles. The van der Waals surface area contributed by atoms with Gasteiger partial charge in [0.05, 0.1) is 6.04 Å². The van der Waals surface area contributed by atoms with Crippen molar-refractivity contribution in [2.45, 2.75) is 13.0 Å². The highest BCUT2D eigenvalue weighted by molar-refractivity contribution is 5.86. The molecule has 0 unspecified atom stereocenters. The van der Waals surface area contributed by atoms with E-state index >= 15 is 0 Å². The van der Waals surface area contributed by atoms with Gasteiger partial charge in [-0.25, -0.2) is 4.98 Å². The first-order chi connectivity index (χ1) is 11.8. The van der Waals surface area contributed by atoms with E-state index in [4.69, 9.17) is 0 Å². The fraction of sp³-hybridized carbons (Fsp3) is 0.0952. The lowest BCUT2D eigenvalue weighted by molar-refractivity contribution is 0.921. The Morgan fingerprint density at radius 2 is 1.62 bits per heavy atom. The van der Waals surface area contributed by atoms with Crippen LogP contribution in [-0.4, -0.2) is 9.97 Å². The lowest BCUT2D eigenvalue weighted by atomic mass is 9.96. The molecule has 2 N–H and O–H groups in total. The van der Waals surface area contributed by atoms with Gasteiger partial charge in [0.25, 0.3) is 0 Å². The maximum absolute atomic E-state index is 4.44. The fourth-order valence-corrected chi connectivity index (χ4v) is 3.23. The number of pyridine rings is 1. The number of nitrogens with zero attached hydrogens (tertiary/aromatic N) is 1. The zero-order valence-corrected chi connectivity index (χ0v) is 13.5. The number of fused-ring (bicyclic) bond motifs is 1. The van der Waals surface area contributed by atoms with Gasteiger partial charge in [-0.2, -0.15) is 0 Å². The van der Waals surface area contributed by atoms with Crippen LogP contribution in [0.25, 0.3) is 10.9 Å². The Bertz CT molecular complexity index is 943. The van der Waals surface area contributed by atoms with Gasteiger partial charge >= 0.3 is 0 Å². The monoisotopic (exact) mass is 313 g/mol. The number of H-pyrrole nitrogens is 1. The molecule has 0 fully saturated rings. The van der Waals surface area contributed by atoms with Crippen LogP contribution < -0.4 is 5.32 Å². The van der Waals surface area contributed by atoms with Crippen LogP contribution in [0.5, 0.6) is 0 Å². The van der Waals surface area contributed by atoms with Crippen LogP contribution in [0.1, 0.15) is 22.9 Å². The largest absolute Gasteiger partial charge is 0.359 e. The van der Waals surface area contributed by atoms with E-state index in [1.54, 1.807) is 0 Å². The average Bonchev–Trinajstić information content (AvgIpc) is 2.97. The molecule has 1 atom stereocenters. The number of rotatable bonds is 4. The topological polar surface area (TPSA) is 40.7 Å². The molecule has 24 heavy (non-hydrogen) atoms. The van der Waals surface area contributed by atoms with Crippen molar-refractivity contribution < 1.29 is 0 Å². The van der Waals surface area contributed by atoms with Gasteiger partial charge in [0.1, 0.15) is 5.82 Å². The molecule has 3 heteroatoms. The zero-order chi connectivity index (χ0) is 16.4. The fourth-order valence-electron chi connectivity index (χ4n) is 3.23. The number of aromatic amines is 1. The first kappa shape index (κ1) is 14.5. The number of hydrogen-bond donors (Lipinski definition) is 2. The summed E-state index contributed by atoms with van der Waals surface area (Å²) in [5, 5.41) is 4.84. The van der Waals surface area contributed by atoms with Crippen LogP contribution in [0.2, 0.25) is 0 Å². The second-order valence-electron chi connectivity index (χ2n) is 5.91. The van der Waals surface area contributed by atoms with Gasteiger partial charge in [0.2, 0.25) is 0 Å². The number of benzene rings is 2. The standard InChI is InChI=1S/C21H19N3/c1-15-20(17-11-5-6-12-18(17)23-15)21(16-9-3-2-4-10-16)24-19-13-7-8-14-22-19/h2-14,21,23H,1H3,(H,22,24)/t21-/m0/s1. The highest BCUT2D eigenvalue weighted by Gasteiger charge is 2.20. The van der Waals surface area contributed by atoms with Crippen LogP contribution in [-0.2, 0) is 0 Å². The SMILES string of the molecule is Cc1[nH]c2ccccc2c1[C@@H](Nc1ccccn1)c1ccccc1. The third-order valence-electron chi connectivity index (χ3n) is 4.32. The summed E-state index contributed by atoms with van der Waals surface area (Å²) in [7, 11) is 0. The molecule has 0 amide bonds. The van der Waals surface area contributed by atoms with E-state index in [9.17, 15) is 0 Å². The number of hydrogen-bond acceptors (Lipinski definition) is 2. The average molecular weight is 313 g/mol. The summed E-state index contributed by atoms with van der Waals surface area (Å²) in [5.74, 6) is 0.871. The van der Waals surface area contributed by atoms with E-state index in [1.165, 1.54) is 22.2 Å². The van der Waals surface area contributed by atoms with Gasteiger partial charge in [0, 0.05) is 28.4 Å². The molecule has 0 saturated heterocycles. The maximum atomic E-state index is 4.44. The van der Waals surface area contributed by atoms with Crippen molar-refractivity contribution in [1.29, 1.82) is 0 Å². The van der Waals surface area contributed by atoms with Gasteiger partial charge in [-0.1, -0.05) is 54.6 Å². The van der Waals surface area contributed by atoms with Crippen molar-refractivity contribution in [1.82, 2.24) is 9.97 Å². The molecule has 0 aliphatic rings. The van der Waals surface area contributed by atoms with Crippen LogP contribution in [0, 0.1) is 6.92 Å². The quantitative estimate of drug-likeness (QED) is 0.552. The second kappa shape index (κ2) is 6.20. The van der Waals surface area contributed by atoms with Crippen LogP contribution in [0.3, 0.4) is 0 Å². The summed E-state index contributed by atoms with van der Waals surface area (Å²) >= 11 is 0. The first-order valence-electron chi connectivity index (χ1n) is 8.12. The van der Waals surface area contributed by atoms with Crippen LogP contribution in [0.4, 0.5) is 5.82 Å². The van der Waals surface area contributed by atoms with Gasteiger partial charge in [0.15, 0.2) is 0 Å². The zero-order valence-electron chi connectivity index (χ0n) is 13.5. The predicted octanol–water partition coefficient (Wildman–Crippen LogP) is 5.07. The van der Waals surface area contributed by atoms with Crippen molar-refractivity contribution in [3.63, 3.8) is 0 Å². The normalized spacial score (nSPS) is 12.2. The van der Waals surface area contributed by atoms with Crippen molar-refractivity contribution in [2.75, 3.05) is 5.32 Å². The van der Waals surface area contributed by atoms with Gasteiger partial charge in [-0.05, 0) is 30.7 Å². The molecule has 2 aromatic carbocycles. The molecular formula is C21H19N3. The Balaban J connectivity index is 1.87. The number of aromatic nitrogens is 2. The van der Waals surface area contributed by atoms with E-state index < -0.39 is 0 Å². The summed E-state index contributed by atoms with van der Waals surface area (Å²) in [6, 6.07) is 24.9. The van der Waals surface area contributed by atoms with Crippen molar-refractivity contribution in [3.8, 4) is 0 Å². The Kier molecular flexibility index (Phi) is 3.75. The number of para-hydroxylation sites is 1. The molecule has 4 rings (SSSR count). The Hall–Kier alpha value is -3.07. The summed E-state index contributed by atoms with van der Waals surface area (Å²) in [6.45, 7) is 2.13. The van der Waals surface area contributed by atoms with Crippen molar-refractivity contribution in [2.24, 2.45) is 0 Å². The lowest BCUT2D eigenvalue weighted by Gasteiger charge is -2.21. The van der Waals surface area contributed by atoms with Crippen LogP contribution in [0.15, 0.2) is 79.0 Å².